The predicted molar refractivity (Wildman–Crippen MR) is 122 cm³/mol. The molecule has 33 heavy (non-hydrogen) atoms. The summed E-state index contributed by atoms with van der Waals surface area (Å²) in [6, 6.07) is 21.1. The molecule has 1 amide bonds. The number of amides is 1. The molecule has 0 aliphatic heterocycles. The number of ketones is 1. The van der Waals surface area contributed by atoms with Crippen LogP contribution in [0.5, 0.6) is 11.5 Å². The molecule has 3 aromatic carbocycles. The van der Waals surface area contributed by atoms with Crippen molar-refractivity contribution in [3.63, 3.8) is 0 Å². The minimum atomic E-state index is -0.716. The maximum atomic E-state index is 14.0. The van der Waals surface area contributed by atoms with Crippen molar-refractivity contribution in [2.24, 2.45) is 0 Å². The van der Waals surface area contributed by atoms with Crippen molar-refractivity contribution >= 4 is 23.5 Å². The van der Waals surface area contributed by atoms with Crippen LogP contribution < -0.4 is 14.8 Å². The summed E-state index contributed by atoms with van der Waals surface area (Å²) in [6.07, 6.45) is 1.35. The highest BCUT2D eigenvalue weighted by atomic mass is 19.1. The Labute approximate surface area is 190 Å². The van der Waals surface area contributed by atoms with Crippen LogP contribution in [0.4, 0.5) is 10.1 Å². The molecular formula is C26H21FN2O4. The van der Waals surface area contributed by atoms with Gasteiger partial charge in [0.25, 0.3) is 5.91 Å². The van der Waals surface area contributed by atoms with Crippen molar-refractivity contribution in [3.05, 3.63) is 95.3 Å². The Balaban J connectivity index is 1.77. The zero-order chi connectivity index (χ0) is 23.6. The molecule has 0 aliphatic carbocycles. The molecule has 7 heteroatoms. The molecule has 1 N–H and O–H groups in total. The third kappa shape index (κ3) is 6.28. The van der Waals surface area contributed by atoms with E-state index in [1.54, 1.807) is 37.3 Å². The zero-order valence-electron chi connectivity index (χ0n) is 17.9. The van der Waals surface area contributed by atoms with E-state index in [-0.39, 0.29) is 23.7 Å². The number of ether oxygens (including phenoxy) is 2. The molecule has 0 aliphatic rings. The maximum Gasteiger partial charge on any atom is 0.262 e. The van der Waals surface area contributed by atoms with Crippen molar-refractivity contribution in [1.29, 1.82) is 5.26 Å². The Bertz CT molecular complexity index is 1220. The number of allylic oxidation sites excluding steroid dienone is 1. The quantitative estimate of drug-likeness (QED) is 0.284. The summed E-state index contributed by atoms with van der Waals surface area (Å²) in [6.45, 7) is 1.88. The normalized spacial score (nSPS) is 10.8. The summed E-state index contributed by atoms with van der Waals surface area (Å²) >= 11 is 0. The highest BCUT2D eigenvalue weighted by Gasteiger charge is 2.17. The highest BCUT2D eigenvalue weighted by Crippen LogP contribution is 2.30. The van der Waals surface area contributed by atoms with Gasteiger partial charge < -0.3 is 14.8 Å². The molecule has 6 nitrogen and oxygen atoms in total. The fourth-order valence-corrected chi connectivity index (χ4v) is 2.97. The SMILES string of the molecule is CCOc1cc(/C=C(\C#N)C(=O)c2ccccc2F)ccc1OCC(=O)Nc1ccccc1. The molecule has 0 spiro atoms. The van der Waals surface area contributed by atoms with Crippen LogP contribution in [-0.4, -0.2) is 24.9 Å². The number of anilines is 1. The minimum Gasteiger partial charge on any atom is -0.490 e. The van der Waals surface area contributed by atoms with E-state index in [1.807, 2.05) is 24.3 Å². The van der Waals surface area contributed by atoms with Gasteiger partial charge in [-0.05, 0) is 55.0 Å². The molecule has 0 saturated heterocycles. The van der Waals surface area contributed by atoms with E-state index in [1.165, 1.54) is 24.3 Å². The van der Waals surface area contributed by atoms with Gasteiger partial charge in [-0.1, -0.05) is 36.4 Å². The van der Waals surface area contributed by atoms with Gasteiger partial charge in [-0.25, -0.2) is 4.39 Å². The second-order valence-corrected chi connectivity index (χ2v) is 6.82. The second-order valence-electron chi connectivity index (χ2n) is 6.82. The number of nitrogens with zero attached hydrogens (tertiary/aromatic N) is 1. The lowest BCUT2D eigenvalue weighted by Crippen LogP contribution is -2.20. The minimum absolute atomic E-state index is 0.181. The van der Waals surface area contributed by atoms with E-state index in [2.05, 4.69) is 5.32 Å². The average molecular weight is 444 g/mol. The van der Waals surface area contributed by atoms with Gasteiger partial charge in [0.15, 0.2) is 18.1 Å². The molecule has 0 saturated carbocycles. The largest absolute Gasteiger partial charge is 0.490 e. The molecule has 3 rings (SSSR count). The van der Waals surface area contributed by atoms with E-state index < -0.39 is 11.6 Å². The number of nitriles is 1. The Morgan fingerprint density at radius 2 is 1.73 bits per heavy atom. The van der Waals surface area contributed by atoms with Crippen LogP contribution in [0.3, 0.4) is 0 Å². The first kappa shape index (κ1) is 23.2. The third-order valence-corrected chi connectivity index (χ3v) is 4.48. The van der Waals surface area contributed by atoms with E-state index in [4.69, 9.17) is 9.47 Å². The number of Topliss-reactive ketones (excluding diaryl/α,β-unsaturated/α-hetero) is 1. The van der Waals surface area contributed by atoms with E-state index >= 15 is 0 Å². The van der Waals surface area contributed by atoms with Gasteiger partial charge in [-0.15, -0.1) is 0 Å². The number of hydrogen-bond donors (Lipinski definition) is 1. The van der Waals surface area contributed by atoms with Crippen LogP contribution in [0, 0.1) is 17.1 Å². The smallest absolute Gasteiger partial charge is 0.262 e. The fraction of sp³-hybridized carbons (Fsp3) is 0.115. The monoisotopic (exact) mass is 444 g/mol. The molecule has 0 aromatic heterocycles. The van der Waals surface area contributed by atoms with Gasteiger partial charge in [0.2, 0.25) is 5.78 Å². The van der Waals surface area contributed by atoms with Gasteiger partial charge in [0, 0.05) is 5.69 Å². The van der Waals surface area contributed by atoms with Gasteiger partial charge >= 0.3 is 0 Å². The van der Waals surface area contributed by atoms with E-state index in [9.17, 15) is 19.2 Å². The summed E-state index contributed by atoms with van der Waals surface area (Å²) in [5, 5.41) is 12.2. The second kappa shape index (κ2) is 11.3. The lowest BCUT2D eigenvalue weighted by atomic mass is 10.0. The van der Waals surface area contributed by atoms with Crippen molar-refractivity contribution < 1.29 is 23.5 Å². The number of carbonyl (C=O) groups excluding carboxylic acids is 2. The Morgan fingerprint density at radius 1 is 1.00 bits per heavy atom. The highest BCUT2D eigenvalue weighted by molar-refractivity contribution is 6.14. The number of para-hydroxylation sites is 1. The molecule has 0 bridgehead atoms. The maximum absolute atomic E-state index is 14.0. The topological polar surface area (TPSA) is 88.4 Å². The summed E-state index contributed by atoms with van der Waals surface area (Å²) in [5.74, 6) is -1.08. The number of halogens is 1. The van der Waals surface area contributed by atoms with Crippen molar-refractivity contribution in [3.8, 4) is 17.6 Å². The van der Waals surface area contributed by atoms with Crippen LogP contribution in [0.25, 0.3) is 6.08 Å². The summed E-state index contributed by atoms with van der Waals surface area (Å²) in [4.78, 5) is 24.7. The lowest BCUT2D eigenvalue weighted by Gasteiger charge is -2.13. The van der Waals surface area contributed by atoms with Crippen molar-refractivity contribution in [2.75, 3.05) is 18.5 Å². The van der Waals surface area contributed by atoms with Gasteiger partial charge in [0.1, 0.15) is 17.5 Å². The Kier molecular flexibility index (Phi) is 7.92. The van der Waals surface area contributed by atoms with Crippen LogP contribution in [-0.2, 0) is 4.79 Å². The number of nitrogens with one attached hydrogen (secondary N) is 1. The van der Waals surface area contributed by atoms with Crippen molar-refractivity contribution in [2.45, 2.75) is 6.92 Å². The first-order chi connectivity index (χ1) is 16.0. The fourth-order valence-electron chi connectivity index (χ4n) is 2.97. The molecule has 0 heterocycles. The standard InChI is InChI=1S/C26H21FN2O4/c1-2-32-24-15-18(14-19(16-28)26(31)21-10-6-7-11-22(21)27)12-13-23(24)33-17-25(30)29-20-8-4-3-5-9-20/h3-15H,2,17H2,1H3,(H,29,30)/b19-14+. The lowest BCUT2D eigenvalue weighted by molar-refractivity contribution is -0.118. The van der Waals surface area contributed by atoms with Crippen molar-refractivity contribution in [1.82, 2.24) is 0 Å². The molecule has 3 aromatic rings. The van der Waals surface area contributed by atoms with Crippen LogP contribution in [0.1, 0.15) is 22.8 Å². The molecule has 0 unspecified atom stereocenters. The number of hydrogen-bond acceptors (Lipinski definition) is 5. The van der Waals surface area contributed by atoms with E-state index in [0.29, 0.717) is 29.4 Å². The predicted octanol–water partition coefficient (Wildman–Crippen LogP) is 5.03. The Morgan fingerprint density at radius 3 is 2.42 bits per heavy atom. The molecule has 0 radical (unpaired) electrons. The Hall–Kier alpha value is -4.44. The molecule has 0 fully saturated rings. The van der Waals surface area contributed by atoms with Gasteiger partial charge in [-0.3, -0.25) is 9.59 Å². The van der Waals surface area contributed by atoms with Gasteiger partial charge in [0.05, 0.1) is 12.2 Å². The van der Waals surface area contributed by atoms with Gasteiger partial charge in [-0.2, -0.15) is 5.26 Å². The first-order valence-corrected chi connectivity index (χ1v) is 10.2. The summed E-state index contributed by atoms with van der Waals surface area (Å²) < 4.78 is 25.2. The molecular weight excluding hydrogens is 423 g/mol. The van der Waals surface area contributed by atoms with Crippen LogP contribution in [0.2, 0.25) is 0 Å². The summed E-state index contributed by atoms with van der Waals surface area (Å²) in [7, 11) is 0. The number of benzene rings is 3. The molecule has 166 valence electrons. The average Bonchev–Trinajstić information content (AvgIpc) is 2.82. The first-order valence-electron chi connectivity index (χ1n) is 10.2. The summed E-state index contributed by atoms with van der Waals surface area (Å²) in [5.41, 5.74) is 0.735. The van der Waals surface area contributed by atoms with Crippen LogP contribution >= 0.6 is 0 Å². The third-order valence-electron chi connectivity index (χ3n) is 4.48. The number of carbonyl (C=O) groups is 2. The zero-order valence-corrected chi connectivity index (χ0v) is 17.9. The van der Waals surface area contributed by atoms with E-state index in [0.717, 1.165) is 6.07 Å². The van der Waals surface area contributed by atoms with Crippen LogP contribution in [0.15, 0.2) is 78.4 Å². The number of rotatable bonds is 9. The molecule has 0 atom stereocenters.